The Morgan fingerprint density at radius 3 is 2.33 bits per heavy atom. The molecule has 3 nitrogen and oxygen atoms in total. The second-order valence-corrected chi connectivity index (χ2v) is 8.15. The molecule has 0 unspecified atom stereocenters. The maximum Gasteiger partial charge on any atom is 0.0589 e. The number of likely N-dealkylation sites (N-methyl/N-ethyl adjacent to an activating group) is 1. The van der Waals surface area contributed by atoms with E-state index in [1.165, 1.54) is 32.2 Å². The molecule has 1 aliphatic rings. The van der Waals surface area contributed by atoms with E-state index in [4.69, 9.17) is 4.74 Å². The third kappa shape index (κ3) is 7.12. The lowest BCUT2D eigenvalue weighted by Crippen LogP contribution is -2.50. The fraction of sp³-hybridized carbons (Fsp3) is 1.00. The van der Waals surface area contributed by atoms with Crippen LogP contribution >= 0.6 is 0 Å². The molecule has 1 N–H and O–H groups in total. The van der Waals surface area contributed by atoms with Gasteiger partial charge in [0, 0.05) is 32.3 Å². The van der Waals surface area contributed by atoms with Gasteiger partial charge in [-0.15, -0.1) is 0 Å². The topological polar surface area (TPSA) is 24.5 Å². The Bertz CT molecular complexity index is 277. The zero-order chi connectivity index (χ0) is 15.9. The molecule has 0 aliphatic heterocycles. The van der Waals surface area contributed by atoms with Crippen molar-refractivity contribution in [2.45, 2.75) is 65.8 Å². The van der Waals surface area contributed by atoms with Gasteiger partial charge in [-0.1, -0.05) is 26.7 Å². The Morgan fingerprint density at radius 2 is 1.86 bits per heavy atom. The summed E-state index contributed by atoms with van der Waals surface area (Å²) in [6.45, 7) is 16.9. The van der Waals surface area contributed by atoms with Gasteiger partial charge in [0.05, 0.1) is 6.61 Å². The number of methoxy groups -OCH3 is 1. The highest BCUT2D eigenvalue weighted by atomic mass is 16.5. The molecule has 0 aromatic rings. The summed E-state index contributed by atoms with van der Waals surface area (Å²) in [5, 5.41) is 3.77. The summed E-state index contributed by atoms with van der Waals surface area (Å²) < 4.78 is 5.27. The maximum absolute atomic E-state index is 5.27. The first kappa shape index (κ1) is 18.9. The van der Waals surface area contributed by atoms with Crippen LogP contribution in [0.1, 0.15) is 60.3 Å². The van der Waals surface area contributed by atoms with Gasteiger partial charge in [-0.3, -0.25) is 0 Å². The normalized spacial score (nSPS) is 27.3. The van der Waals surface area contributed by atoms with Gasteiger partial charge in [-0.2, -0.15) is 0 Å². The molecule has 1 aliphatic carbocycles. The van der Waals surface area contributed by atoms with Crippen molar-refractivity contribution in [1.82, 2.24) is 10.2 Å². The van der Waals surface area contributed by atoms with Crippen molar-refractivity contribution in [2.75, 3.05) is 39.9 Å². The van der Waals surface area contributed by atoms with Gasteiger partial charge in [-0.25, -0.2) is 0 Å². The Hall–Kier alpha value is -0.120. The zero-order valence-corrected chi connectivity index (χ0v) is 15.3. The molecule has 0 aromatic heterocycles. The quantitative estimate of drug-likeness (QED) is 0.742. The van der Waals surface area contributed by atoms with E-state index >= 15 is 0 Å². The van der Waals surface area contributed by atoms with Crippen LogP contribution in [-0.4, -0.2) is 50.3 Å². The average Bonchev–Trinajstić information content (AvgIpc) is 2.43. The average molecular weight is 299 g/mol. The number of ether oxygens (including phenoxy) is 1. The predicted molar refractivity (Wildman–Crippen MR) is 91.8 cm³/mol. The SMILES string of the molecule is CCN(CCOC)CC1(CNC(C)(C)C)CCC(C)CC1. The lowest BCUT2D eigenvalue weighted by atomic mass is 9.70. The highest BCUT2D eigenvalue weighted by molar-refractivity contribution is 4.91. The standard InChI is InChI=1S/C18H38N2O/c1-7-20(12-13-21-6)15-18(14-19-17(3,4)5)10-8-16(2)9-11-18/h16,19H,7-15H2,1-6H3. The van der Waals surface area contributed by atoms with Gasteiger partial charge in [-0.05, 0) is 51.5 Å². The maximum atomic E-state index is 5.27. The summed E-state index contributed by atoms with van der Waals surface area (Å²) in [6.07, 6.45) is 5.49. The van der Waals surface area contributed by atoms with Gasteiger partial charge < -0.3 is 15.0 Å². The van der Waals surface area contributed by atoms with Crippen molar-refractivity contribution >= 4 is 0 Å². The summed E-state index contributed by atoms with van der Waals surface area (Å²) in [6, 6.07) is 0. The molecule has 1 fully saturated rings. The number of nitrogens with zero attached hydrogens (tertiary/aromatic N) is 1. The third-order valence-electron chi connectivity index (χ3n) is 4.95. The summed E-state index contributed by atoms with van der Waals surface area (Å²) in [7, 11) is 1.80. The van der Waals surface area contributed by atoms with Crippen LogP contribution in [0.15, 0.2) is 0 Å². The van der Waals surface area contributed by atoms with E-state index in [-0.39, 0.29) is 5.54 Å². The van der Waals surface area contributed by atoms with Crippen molar-refractivity contribution in [3.05, 3.63) is 0 Å². The Balaban J connectivity index is 2.66. The largest absolute Gasteiger partial charge is 0.383 e. The second-order valence-electron chi connectivity index (χ2n) is 8.15. The fourth-order valence-corrected chi connectivity index (χ4v) is 3.26. The lowest BCUT2D eigenvalue weighted by Gasteiger charge is -2.44. The molecule has 0 spiro atoms. The van der Waals surface area contributed by atoms with Crippen LogP contribution in [0, 0.1) is 11.3 Å². The van der Waals surface area contributed by atoms with E-state index in [1.54, 1.807) is 7.11 Å². The Labute approximate surface area is 132 Å². The Kier molecular flexibility index (Phi) is 7.66. The van der Waals surface area contributed by atoms with E-state index in [2.05, 4.69) is 44.8 Å². The molecule has 0 aromatic carbocycles. The van der Waals surface area contributed by atoms with Crippen LogP contribution < -0.4 is 5.32 Å². The molecule has 0 atom stereocenters. The van der Waals surface area contributed by atoms with Crippen LogP contribution in [-0.2, 0) is 4.74 Å². The van der Waals surface area contributed by atoms with Crippen molar-refractivity contribution in [3.63, 3.8) is 0 Å². The van der Waals surface area contributed by atoms with Crippen LogP contribution in [0.4, 0.5) is 0 Å². The molecule has 3 heteroatoms. The van der Waals surface area contributed by atoms with Gasteiger partial charge in [0.25, 0.3) is 0 Å². The molecular weight excluding hydrogens is 260 g/mol. The molecule has 0 saturated heterocycles. The van der Waals surface area contributed by atoms with Gasteiger partial charge in [0.15, 0.2) is 0 Å². The van der Waals surface area contributed by atoms with Crippen molar-refractivity contribution in [3.8, 4) is 0 Å². The van der Waals surface area contributed by atoms with Crippen LogP contribution in [0.2, 0.25) is 0 Å². The summed E-state index contributed by atoms with van der Waals surface area (Å²) >= 11 is 0. The van der Waals surface area contributed by atoms with Crippen LogP contribution in [0.3, 0.4) is 0 Å². The zero-order valence-electron chi connectivity index (χ0n) is 15.3. The molecule has 0 bridgehead atoms. The first-order valence-corrected chi connectivity index (χ1v) is 8.76. The molecule has 1 rings (SSSR count). The molecule has 0 radical (unpaired) electrons. The van der Waals surface area contributed by atoms with Crippen molar-refractivity contribution < 1.29 is 4.74 Å². The number of nitrogens with one attached hydrogen (secondary N) is 1. The second kappa shape index (κ2) is 8.50. The first-order valence-electron chi connectivity index (χ1n) is 8.76. The van der Waals surface area contributed by atoms with Crippen LogP contribution in [0.5, 0.6) is 0 Å². The minimum absolute atomic E-state index is 0.208. The van der Waals surface area contributed by atoms with E-state index < -0.39 is 0 Å². The molecule has 126 valence electrons. The number of hydrogen-bond donors (Lipinski definition) is 1. The highest BCUT2D eigenvalue weighted by Gasteiger charge is 2.36. The minimum atomic E-state index is 0.208. The van der Waals surface area contributed by atoms with Gasteiger partial charge in [0.2, 0.25) is 0 Å². The highest BCUT2D eigenvalue weighted by Crippen LogP contribution is 2.39. The van der Waals surface area contributed by atoms with Crippen molar-refractivity contribution in [1.29, 1.82) is 0 Å². The van der Waals surface area contributed by atoms with E-state index in [0.717, 1.165) is 32.2 Å². The molecule has 0 heterocycles. The smallest absolute Gasteiger partial charge is 0.0589 e. The summed E-state index contributed by atoms with van der Waals surface area (Å²) in [4.78, 5) is 2.57. The lowest BCUT2D eigenvalue weighted by molar-refractivity contribution is 0.0663. The first-order chi connectivity index (χ1) is 9.80. The number of hydrogen-bond acceptors (Lipinski definition) is 3. The van der Waals surface area contributed by atoms with E-state index in [1.807, 2.05) is 0 Å². The van der Waals surface area contributed by atoms with Crippen molar-refractivity contribution in [2.24, 2.45) is 11.3 Å². The molecular formula is C18H38N2O. The minimum Gasteiger partial charge on any atom is -0.383 e. The summed E-state index contributed by atoms with van der Waals surface area (Å²) in [5.74, 6) is 0.904. The molecule has 21 heavy (non-hydrogen) atoms. The molecule has 0 amide bonds. The fourth-order valence-electron chi connectivity index (χ4n) is 3.26. The van der Waals surface area contributed by atoms with E-state index in [0.29, 0.717) is 5.41 Å². The third-order valence-corrected chi connectivity index (χ3v) is 4.95. The van der Waals surface area contributed by atoms with Crippen LogP contribution in [0.25, 0.3) is 0 Å². The summed E-state index contributed by atoms with van der Waals surface area (Å²) in [5.41, 5.74) is 0.656. The van der Waals surface area contributed by atoms with Gasteiger partial charge in [0.1, 0.15) is 0 Å². The number of rotatable bonds is 8. The Morgan fingerprint density at radius 1 is 1.24 bits per heavy atom. The molecule has 1 saturated carbocycles. The van der Waals surface area contributed by atoms with Gasteiger partial charge >= 0.3 is 0 Å². The monoisotopic (exact) mass is 298 g/mol. The van der Waals surface area contributed by atoms with E-state index in [9.17, 15) is 0 Å². The predicted octanol–water partition coefficient (Wildman–Crippen LogP) is 3.54.